The average Bonchev–Trinajstić information content (AvgIpc) is 2.75. The molecule has 1 aromatic rings. The molecular formula is C12H19N3O3S. The molecular weight excluding hydrogens is 266 g/mol. The monoisotopic (exact) mass is 285 g/mol. The van der Waals surface area contributed by atoms with Crippen molar-refractivity contribution in [3.05, 3.63) is 18.3 Å². The maximum absolute atomic E-state index is 12.4. The summed E-state index contributed by atoms with van der Waals surface area (Å²) in [6, 6.07) is 3.22. The highest BCUT2D eigenvalue weighted by molar-refractivity contribution is 7.89. The van der Waals surface area contributed by atoms with Crippen LogP contribution < -0.4 is 10.0 Å². The summed E-state index contributed by atoms with van der Waals surface area (Å²) < 4.78 is 32.7. The molecule has 0 saturated carbocycles. The number of anilines is 1. The molecule has 1 aromatic heterocycles. The summed E-state index contributed by atoms with van der Waals surface area (Å²) in [5, 5.41) is 3.04. The molecule has 7 heteroatoms. The molecule has 1 fully saturated rings. The predicted octanol–water partition coefficient (Wildman–Crippen LogP) is 0.969. The van der Waals surface area contributed by atoms with Crippen molar-refractivity contribution in [2.75, 3.05) is 18.5 Å². The molecule has 0 aliphatic carbocycles. The van der Waals surface area contributed by atoms with Crippen molar-refractivity contribution in [3.8, 4) is 0 Å². The quantitative estimate of drug-likeness (QED) is 0.842. The molecule has 0 amide bonds. The number of hydrogen-bond donors (Lipinski definition) is 2. The van der Waals surface area contributed by atoms with E-state index in [0.29, 0.717) is 25.3 Å². The van der Waals surface area contributed by atoms with Crippen LogP contribution >= 0.6 is 0 Å². The van der Waals surface area contributed by atoms with E-state index in [1.807, 2.05) is 13.8 Å². The lowest BCUT2D eigenvalue weighted by Gasteiger charge is -2.17. The zero-order valence-corrected chi connectivity index (χ0v) is 11.9. The van der Waals surface area contributed by atoms with E-state index in [1.165, 1.54) is 6.20 Å². The van der Waals surface area contributed by atoms with Crippen LogP contribution in [0.4, 0.5) is 5.69 Å². The predicted molar refractivity (Wildman–Crippen MR) is 72.5 cm³/mol. The van der Waals surface area contributed by atoms with Gasteiger partial charge in [0.15, 0.2) is 5.03 Å². The van der Waals surface area contributed by atoms with Crippen LogP contribution in [0, 0.1) is 0 Å². The van der Waals surface area contributed by atoms with E-state index < -0.39 is 10.0 Å². The topological polar surface area (TPSA) is 80.3 Å². The Morgan fingerprint density at radius 1 is 1.53 bits per heavy atom. The summed E-state index contributed by atoms with van der Waals surface area (Å²) in [6.07, 6.45) is 2.05. The number of nitrogens with one attached hydrogen (secondary N) is 2. The van der Waals surface area contributed by atoms with Gasteiger partial charge in [-0.2, -0.15) is 0 Å². The fourth-order valence-electron chi connectivity index (χ4n) is 2.07. The second-order valence-electron chi connectivity index (χ2n) is 4.48. The van der Waals surface area contributed by atoms with Gasteiger partial charge in [0.1, 0.15) is 0 Å². The van der Waals surface area contributed by atoms with Gasteiger partial charge in [0, 0.05) is 19.3 Å². The Balaban J connectivity index is 2.24. The molecule has 2 unspecified atom stereocenters. The van der Waals surface area contributed by atoms with Crippen molar-refractivity contribution >= 4 is 15.7 Å². The fraction of sp³-hybridized carbons (Fsp3) is 0.583. The average molecular weight is 285 g/mol. The molecule has 106 valence electrons. The molecule has 2 rings (SSSR count). The van der Waals surface area contributed by atoms with Gasteiger partial charge >= 0.3 is 0 Å². The number of hydrogen-bond acceptors (Lipinski definition) is 5. The van der Waals surface area contributed by atoms with Crippen LogP contribution in [0.15, 0.2) is 23.4 Å². The van der Waals surface area contributed by atoms with Crippen LogP contribution in [0.25, 0.3) is 0 Å². The van der Waals surface area contributed by atoms with E-state index in [2.05, 4.69) is 15.0 Å². The maximum atomic E-state index is 12.4. The van der Waals surface area contributed by atoms with E-state index >= 15 is 0 Å². The van der Waals surface area contributed by atoms with Crippen molar-refractivity contribution in [1.29, 1.82) is 0 Å². The summed E-state index contributed by atoms with van der Waals surface area (Å²) >= 11 is 0. The maximum Gasteiger partial charge on any atom is 0.260 e. The first kappa shape index (κ1) is 14.2. The van der Waals surface area contributed by atoms with Crippen LogP contribution in [-0.2, 0) is 14.8 Å². The van der Waals surface area contributed by atoms with Crippen molar-refractivity contribution in [2.45, 2.75) is 37.4 Å². The minimum Gasteiger partial charge on any atom is -0.383 e. The van der Waals surface area contributed by atoms with Gasteiger partial charge in [-0.1, -0.05) is 0 Å². The Morgan fingerprint density at radius 3 is 2.95 bits per heavy atom. The molecule has 1 saturated heterocycles. The van der Waals surface area contributed by atoms with Crippen LogP contribution in [0.2, 0.25) is 0 Å². The second-order valence-corrected chi connectivity index (χ2v) is 6.11. The molecule has 2 atom stereocenters. The largest absolute Gasteiger partial charge is 0.383 e. The van der Waals surface area contributed by atoms with E-state index in [1.54, 1.807) is 12.1 Å². The third-order valence-electron chi connectivity index (χ3n) is 3.08. The van der Waals surface area contributed by atoms with Crippen molar-refractivity contribution in [2.24, 2.45) is 0 Å². The van der Waals surface area contributed by atoms with Gasteiger partial charge in [0.05, 0.1) is 17.8 Å². The Labute approximate surface area is 113 Å². The molecule has 1 aliphatic rings. The first-order valence-corrected chi connectivity index (χ1v) is 7.85. The van der Waals surface area contributed by atoms with Crippen molar-refractivity contribution < 1.29 is 13.2 Å². The highest BCUT2D eigenvalue weighted by Gasteiger charge is 2.30. The van der Waals surface area contributed by atoms with E-state index in [4.69, 9.17) is 4.74 Å². The highest BCUT2D eigenvalue weighted by Crippen LogP contribution is 2.20. The Hall–Kier alpha value is -1.18. The fourth-order valence-corrected chi connectivity index (χ4v) is 3.52. The number of nitrogens with zero attached hydrogens (tertiary/aromatic N) is 1. The van der Waals surface area contributed by atoms with E-state index in [-0.39, 0.29) is 17.2 Å². The third kappa shape index (κ3) is 3.23. The molecule has 0 radical (unpaired) electrons. The number of sulfonamides is 1. The molecule has 0 bridgehead atoms. The number of aromatic nitrogens is 1. The Morgan fingerprint density at radius 2 is 2.32 bits per heavy atom. The molecule has 0 spiro atoms. The van der Waals surface area contributed by atoms with Gasteiger partial charge < -0.3 is 10.1 Å². The second kappa shape index (κ2) is 5.85. The van der Waals surface area contributed by atoms with E-state index in [0.717, 1.165) is 0 Å². The standard InChI is InChI=1S/C12H19N3O3S/c1-3-13-11-5-4-7-14-12(11)19(16,17)15-10-6-8-18-9(10)2/h4-5,7,9-10,13,15H,3,6,8H2,1-2H3. The molecule has 2 heterocycles. The summed E-state index contributed by atoms with van der Waals surface area (Å²) in [5.74, 6) is 0. The van der Waals surface area contributed by atoms with E-state index in [9.17, 15) is 8.42 Å². The van der Waals surface area contributed by atoms with Crippen LogP contribution in [0.1, 0.15) is 20.3 Å². The first-order chi connectivity index (χ1) is 9.04. The lowest BCUT2D eigenvalue weighted by atomic mass is 10.2. The van der Waals surface area contributed by atoms with Gasteiger partial charge in [-0.25, -0.2) is 18.1 Å². The van der Waals surface area contributed by atoms with Crippen LogP contribution in [-0.4, -0.2) is 38.7 Å². The summed E-state index contributed by atoms with van der Waals surface area (Å²) in [6.45, 7) is 4.99. The van der Waals surface area contributed by atoms with Gasteiger partial charge in [-0.15, -0.1) is 0 Å². The zero-order chi connectivity index (χ0) is 13.9. The normalized spacial score (nSPS) is 23.5. The molecule has 2 N–H and O–H groups in total. The number of pyridine rings is 1. The first-order valence-electron chi connectivity index (χ1n) is 6.37. The molecule has 19 heavy (non-hydrogen) atoms. The van der Waals surface area contributed by atoms with Crippen LogP contribution in [0.3, 0.4) is 0 Å². The molecule has 0 aromatic carbocycles. The van der Waals surface area contributed by atoms with Crippen molar-refractivity contribution in [1.82, 2.24) is 9.71 Å². The lowest BCUT2D eigenvalue weighted by Crippen LogP contribution is -2.39. The number of ether oxygens (including phenoxy) is 1. The molecule has 1 aliphatic heterocycles. The summed E-state index contributed by atoms with van der Waals surface area (Å²) in [7, 11) is -3.63. The van der Waals surface area contributed by atoms with Crippen molar-refractivity contribution in [3.63, 3.8) is 0 Å². The SMILES string of the molecule is CCNc1cccnc1S(=O)(=O)NC1CCOC1C. The minimum absolute atomic E-state index is 0.0379. The smallest absolute Gasteiger partial charge is 0.260 e. The number of rotatable bonds is 5. The third-order valence-corrected chi connectivity index (χ3v) is 4.52. The molecule has 6 nitrogen and oxygen atoms in total. The van der Waals surface area contributed by atoms with Crippen LogP contribution in [0.5, 0.6) is 0 Å². The Kier molecular flexibility index (Phi) is 4.38. The van der Waals surface area contributed by atoms with Gasteiger partial charge in [-0.3, -0.25) is 0 Å². The van der Waals surface area contributed by atoms with Gasteiger partial charge in [0.25, 0.3) is 10.0 Å². The Bertz CT molecular complexity index is 533. The summed E-state index contributed by atoms with van der Waals surface area (Å²) in [4.78, 5) is 3.98. The minimum atomic E-state index is -3.63. The van der Waals surface area contributed by atoms with Gasteiger partial charge in [0.2, 0.25) is 0 Å². The zero-order valence-electron chi connectivity index (χ0n) is 11.1. The lowest BCUT2D eigenvalue weighted by molar-refractivity contribution is 0.117. The van der Waals surface area contributed by atoms with Gasteiger partial charge in [-0.05, 0) is 32.4 Å². The highest BCUT2D eigenvalue weighted by atomic mass is 32.2. The summed E-state index contributed by atoms with van der Waals surface area (Å²) in [5.41, 5.74) is 0.518.